The predicted octanol–water partition coefficient (Wildman–Crippen LogP) is 3.54. The Morgan fingerprint density at radius 3 is 2.61 bits per heavy atom. The van der Waals surface area contributed by atoms with Gasteiger partial charge in [0.1, 0.15) is 11.5 Å². The highest BCUT2D eigenvalue weighted by Crippen LogP contribution is 2.35. The Hall–Kier alpha value is -3.98. The maximum atomic E-state index is 12.3. The molecule has 6 rings (SSSR count). The van der Waals surface area contributed by atoms with Crippen LogP contribution in [0.2, 0.25) is 0 Å². The number of carbonyl (C=O) groups excluding carboxylic acids is 1. The van der Waals surface area contributed by atoms with E-state index in [2.05, 4.69) is 67.3 Å². The van der Waals surface area contributed by atoms with Gasteiger partial charge in [0.2, 0.25) is 5.95 Å². The second-order valence-electron chi connectivity index (χ2n) is 10.3. The molecule has 0 radical (unpaired) electrons. The third-order valence-corrected chi connectivity index (χ3v) is 7.26. The Morgan fingerprint density at radius 2 is 1.83 bits per heavy atom. The van der Waals surface area contributed by atoms with Crippen molar-refractivity contribution in [1.29, 1.82) is 0 Å². The molecule has 4 aromatic rings. The number of fused-ring (bicyclic) bond motifs is 2. The molecule has 3 aromatic heterocycles. The molecular weight excluding hydrogens is 452 g/mol. The molecule has 184 valence electrons. The average Bonchev–Trinajstić information content (AvgIpc) is 3.31. The molecule has 1 amide bonds. The lowest BCUT2D eigenvalue weighted by Crippen LogP contribution is -2.44. The van der Waals surface area contributed by atoms with Crippen LogP contribution in [0.3, 0.4) is 0 Å². The third kappa shape index (κ3) is 4.05. The van der Waals surface area contributed by atoms with Gasteiger partial charge in [0.15, 0.2) is 0 Å². The topological polar surface area (TPSA) is 102 Å². The Bertz CT molecular complexity index is 1430. The highest BCUT2D eigenvalue weighted by Gasteiger charge is 2.31. The standard InChI is InChI=1S/C27H30N8O/c1-27(2)16-31-25(36)19-6-4-17(12-22(19)27)20-14-29-24-21(20)15-30-26(33-24)32-18-5-7-23(28-13-18)35-10-8-34(3)9-11-35/h4-7,12-15H,8-11,16H2,1-3H3,(H,31,36)(H2,29,30,32,33). The number of carbonyl (C=O) groups is 1. The first-order valence-electron chi connectivity index (χ1n) is 12.3. The van der Waals surface area contributed by atoms with E-state index in [0.717, 1.165) is 71.0 Å². The summed E-state index contributed by atoms with van der Waals surface area (Å²) in [4.78, 5) is 34.1. The number of piperazine rings is 1. The molecule has 0 bridgehead atoms. The fourth-order valence-corrected chi connectivity index (χ4v) is 4.98. The molecule has 0 aliphatic carbocycles. The lowest BCUT2D eigenvalue weighted by atomic mass is 9.78. The summed E-state index contributed by atoms with van der Waals surface area (Å²) in [5.74, 6) is 1.48. The summed E-state index contributed by atoms with van der Waals surface area (Å²) < 4.78 is 0. The predicted molar refractivity (Wildman–Crippen MR) is 142 cm³/mol. The smallest absolute Gasteiger partial charge is 0.251 e. The van der Waals surface area contributed by atoms with Gasteiger partial charge in [-0.2, -0.15) is 4.98 Å². The number of hydrogen-bond acceptors (Lipinski definition) is 7. The molecule has 5 heterocycles. The molecule has 2 aliphatic heterocycles. The Morgan fingerprint density at radius 1 is 1.00 bits per heavy atom. The highest BCUT2D eigenvalue weighted by molar-refractivity contribution is 5.99. The number of H-pyrrole nitrogens is 1. The van der Waals surface area contributed by atoms with E-state index in [1.165, 1.54) is 0 Å². The molecule has 0 atom stereocenters. The van der Waals surface area contributed by atoms with Gasteiger partial charge in [-0.1, -0.05) is 19.9 Å². The minimum Gasteiger partial charge on any atom is -0.354 e. The molecule has 9 nitrogen and oxygen atoms in total. The van der Waals surface area contributed by atoms with Crippen molar-refractivity contribution in [3.8, 4) is 11.1 Å². The van der Waals surface area contributed by atoms with Crippen molar-refractivity contribution < 1.29 is 4.79 Å². The van der Waals surface area contributed by atoms with Gasteiger partial charge in [-0.15, -0.1) is 0 Å². The molecule has 0 unspecified atom stereocenters. The van der Waals surface area contributed by atoms with Crippen LogP contribution in [0.15, 0.2) is 48.9 Å². The molecular formula is C27H30N8O. The first-order valence-corrected chi connectivity index (χ1v) is 12.3. The third-order valence-electron chi connectivity index (χ3n) is 7.26. The van der Waals surface area contributed by atoms with Crippen LogP contribution >= 0.6 is 0 Å². The largest absolute Gasteiger partial charge is 0.354 e. The van der Waals surface area contributed by atoms with E-state index in [0.29, 0.717) is 12.5 Å². The molecule has 36 heavy (non-hydrogen) atoms. The Balaban J connectivity index is 1.23. The van der Waals surface area contributed by atoms with Crippen molar-refractivity contribution in [1.82, 2.24) is 30.2 Å². The van der Waals surface area contributed by atoms with Gasteiger partial charge in [0.25, 0.3) is 5.91 Å². The second-order valence-corrected chi connectivity index (χ2v) is 10.3. The van der Waals surface area contributed by atoms with Crippen LogP contribution in [-0.4, -0.2) is 70.5 Å². The number of anilines is 3. The molecule has 1 saturated heterocycles. The van der Waals surface area contributed by atoms with Crippen molar-refractivity contribution in [2.75, 3.05) is 50.0 Å². The first-order chi connectivity index (χ1) is 17.4. The number of aromatic nitrogens is 4. The molecule has 2 aliphatic rings. The quantitative estimate of drug-likeness (QED) is 0.409. The zero-order chi connectivity index (χ0) is 24.9. The number of rotatable bonds is 4. The molecule has 1 aromatic carbocycles. The molecule has 0 spiro atoms. The summed E-state index contributed by atoms with van der Waals surface area (Å²) >= 11 is 0. The van der Waals surface area contributed by atoms with Gasteiger partial charge in [0, 0.05) is 67.0 Å². The number of aromatic amines is 1. The zero-order valence-corrected chi connectivity index (χ0v) is 20.8. The van der Waals surface area contributed by atoms with Crippen LogP contribution in [-0.2, 0) is 5.41 Å². The van der Waals surface area contributed by atoms with Gasteiger partial charge in [-0.05, 0) is 42.4 Å². The van der Waals surface area contributed by atoms with Gasteiger partial charge >= 0.3 is 0 Å². The Kier molecular flexibility index (Phi) is 5.37. The summed E-state index contributed by atoms with van der Waals surface area (Å²) in [5.41, 5.74) is 5.31. The maximum absolute atomic E-state index is 12.3. The van der Waals surface area contributed by atoms with E-state index < -0.39 is 0 Å². The van der Waals surface area contributed by atoms with E-state index >= 15 is 0 Å². The number of hydrogen-bond donors (Lipinski definition) is 3. The van der Waals surface area contributed by atoms with Crippen molar-refractivity contribution >= 4 is 34.4 Å². The van der Waals surface area contributed by atoms with Gasteiger partial charge < -0.3 is 25.4 Å². The van der Waals surface area contributed by atoms with Crippen LogP contribution in [0.4, 0.5) is 17.5 Å². The lowest BCUT2D eigenvalue weighted by molar-refractivity contribution is 0.0930. The maximum Gasteiger partial charge on any atom is 0.251 e. The van der Waals surface area contributed by atoms with E-state index in [1.54, 1.807) is 0 Å². The van der Waals surface area contributed by atoms with E-state index in [1.807, 2.05) is 42.9 Å². The summed E-state index contributed by atoms with van der Waals surface area (Å²) in [6, 6.07) is 10.1. The van der Waals surface area contributed by atoms with Crippen molar-refractivity contribution in [3.63, 3.8) is 0 Å². The molecule has 3 N–H and O–H groups in total. The van der Waals surface area contributed by atoms with Crippen LogP contribution in [0.5, 0.6) is 0 Å². The fraction of sp³-hybridized carbons (Fsp3) is 0.333. The molecule has 9 heteroatoms. The SMILES string of the molecule is CN1CCN(c2ccc(Nc3ncc4c(-c5ccc6c(c5)C(C)(C)CNC6=O)c[nH]c4n3)cn2)CC1. The normalized spacial score (nSPS) is 17.6. The van der Waals surface area contributed by atoms with Crippen LogP contribution in [0.1, 0.15) is 29.8 Å². The highest BCUT2D eigenvalue weighted by atomic mass is 16.1. The van der Waals surface area contributed by atoms with Gasteiger partial charge in [0.05, 0.1) is 11.9 Å². The first kappa shape index (κ1) is 22.5. The number of likely N-dealkylation sites (N-methyl/N-ethyl adjacent to an activating group) is 1. The van der Waals surface area contributed by atoms with Crippen LogP contribution in [0, 0.1) is 0 Å². The van der Waals surface area contributed by atoms with Crippen LogP contribution in [0.25, 0.3) is 22.2 Å². The minimum absolute atomic E-state index is 0.0140. The van der Waals surface area contributed by atoms with E-state index in [4.69, 9.17) is 0 Å². The number of pyridine rings is 1. The molecule has 1 fully saturated rings. The number of nitrogens with one attached hydrogen (secondary N) is 3. The minimum atomic E-state index is -0.132. The fourth-order valence-electron chi connectivity index (χ4n) is 4.98. The number of benzene rings is 1. The monoisotopic (exact) mass is 482 g/mol. The second kappa shape index (κ2) is 8.60. The van der Waals surface area contributed by atoms with E-state index in [-0.39, 0.29) is 11.3 Å². The van der Waals surface area contributed by atoms with Gasteiger partial charge in [-0.25, -0.2) is 9.97 Å². The summed E-state index contributed by atoms with van der Waals surface area (Å²) in [6.07, 6.45) is 5.61. The van der Waals surface area contributed by atoms with Gasteiger partial charge in [-0.3, -0.25) is 4.79 Å². The van der Waals surface area contributed by atoms with Crippen molar-refractivity contribution in [2.45, 2.75) is 19.3 Å². The molecule has 0 saturated carbocycles. The summed E-state index contributed by atoms with van der Waals surface area (Å²) in [5, 5.41) is 7.17. The number of nitrogens with zero attached hydrogens (tertiary/aromatic N) is 5. The van der Waals surface area contributed by atoms with Crippen molar-refractivity contribution in [2.24, 2.45) is 0 Å². The van der Waals surface area contributed by atoms with Crippen molar-refractivity contribution in [3.05, 3.63) is 60.0 Å². The zero-order valence-electron chi connectivity index (χ0n) is 20.8. The number of amides is 1. The summed E-state index contributed by atoms with van der Waals surface area (Å²) in [6.45, 7) is 8.99. The Labute approximate surface area is 210 Å². The van der Waals surface area contributed by atoms with E-state index in [9.17, 15) is 4.79 Å². The van der Waals surface area contributed by atoms with Crippen LogP contribution < -0.4 is 15.5 Å². The lowest BCUT2D eigenvalue weighted by Gasteiger charge is -2.33. The summed E-state index contributed by atoms with van der Waals surface area (Å²) in [7, 11) is 2.15. The average molecular weight is 483 g/mol.